The van der Waals surface area contributed by atoms with Gasteiger partial charge in [-0.05, 0) is 62.3 Å². The maximum Gasteiger partial charge on any atom is 0.319 e. The minimum absolute atomic E-state index is 0.0164. The molecule has 1 fully saturated rings. The monoisotopic (exact) mass is 521 g/mol. The molecular weight excluding hydrogens is 482 g/mol. The third-order valence-electron chi connectivity index (χ3n) is 7.84. The molecule has 5 heteroatoms. The number of anilines is 1. The molecule has 202 valence electrons. The van der Waals surface area contributed by atoms with Crippen LogP contribution in [0.15, 0.2) is 77.9 Å². The van der Waals surface area contributed by atoms with Crippen molar-refractivity contribution in [2.75, 3.05) is 24.6 Å². The average molecular weight is 522 g/mol. The second kappa shape index (κ2) is 12.9. The summed E-state index contributed by atoms with van der Waals surface area (Å²) in [5.74, 6) is 1.15. The van der Waals surface area contributed by atoms with Gasteiger partial charge in [-0.25, -0.2) is 0 Å². The average Bonchev–Trinajstić information content (AvgIpc) is 3.26. The fourth-order valence-electron chi connectivity index (χ4n) is 5.71. The lowest BCUT2D eigenvalue weighted by Gasteiger charge is -2.25. The van der Waals surface area contributed by atoms with E-state index in [0.717, 1.165) is 55.7 Å². The highest BCUT2D eigenvalue weighted by molar-refractivity contribution is 5.98. The Morgan fingerprint density at radius 3 is 2.67 bits per heavy atom. The van der Waals surface area contributed by atoms with Gasteiger partial charge < -0.3 is 9.64 Å². The van der Waals surface area contributed by atoms with Crippen molar-refractivity contribution in [2.45, 2.75) is 58.8 Å². The fraction of sp³-hybridized carbons (Fsp3) is 0.382. The first-order chi connectivity index (χ1) is 19.1. The molecule has 2 aromatic carbocycles. The van der Waals surface area contributed by atoms with Crippen LogP contribution >= 0.6 is 0 Å². The third kappa shape index (κ3) is 6.83. The Bertz CT molecular complexity index is 1390. The summed E-state index contributed by atoms with van der Waals surface area (Å²) < 4.78 is 6.21. The summed E-state index contributed by atoms with van der Waals surface area (Å²) in [5, 5.41) is 2.38. The van der Waals surface area contributed by atoms with Crippen LogP contribution in [0.2, 0.25) is 0 Å². The zero-order valence-electron chi connectivity index (χ0n) is 23.2. The van der Waals surface area contributed by atoms with Gasteiger partial charge >= 0.3 is 6.01 Å². The minimum atomic E-state index is -0.0164. The zero-order chi connectivity index (χ0) is 27.0. The molecule has 2 aliphatic rings. The van der Waals surface area contributed by atoms with E-state index in [0.29, 0.717) is 30.7 Å². The highest BCUT2D eigenvalue weighted by Gasteiger charge is 2.21. The lowest BCUT2D eigenvalue weighted by molar-refractivity contribution is 0.0986. The van der Waals surface area contributed by atoms with E-state index in [2.05, 4.69) is 77.5 Å². The topological polar surface area (TPSA) is 55.3 Å². The Labute approximate surface area is 232 Å². The molecular formula is C34H39N3O2. The number of Topliss-reactive ketones (excluding diaryl/α,β-unsaturated/α-hetero) is 1. The predicted molar refractivity (Wildman–Crippen MR) is 160 cm³/mol. The van der Waals surface area contributed by atoms with Gasteiger partial charge in [0.15, 0.2) is 5.78 Å². The first kappa shape index (κ1) is 26.9. The molecule has 3 aromatic rings. The molecule has 5 rings (SSSR count). The van der Waals surface area contributed by atoms with Gasteiger partial charge in [0.05, 0.1) is 6.61 Å². The number of hydrogen-bond acceptors (Lipinski definition) is 5. The standard InChI is InChI=1S/C34H39N3O2/c1-3-26-13-6-7-15-29(26)24-39-34-35-31(23-33(36-34)37-19-10-4-5-11-20-37)32(38)22-25(2)21-28-17-12-16-27-14-8-9-18-30(27)28/h3-5,8-9,12,14,16-18,21,23,29H,6-7,10-11,13,15,19-20,22,24H2,1-2H3/b25-21+,26-3-/t29-/m0/s1. The van der Waals surface area contributed by atoms with Crippen molar-refractivity contribution in [2.24, 2.45) is 5.92 Å². The highest BCUT2D eigenvalue weighted by atomic mass is 16.5. The summed E-state index contributed by atoms with van der Waals surface area (Å²) in [5.41, 5.74) is 4.00. The molecule has 0 amide bonds. The Balaban J connectivity index is 1.38. The molecule has 1 aromatic heterocycles. The molecule has 0 N–H and O–H groups in total. The van der Waals surface area contributed by atoms with Crippen molar-refractivity contribution in [1.82, 2.24) is 9.97 Å². The number of carbonyl (C=O) groups excluding carboxylic acids is 1. The molecule has 5 nitrogen and oxygen atoms in total. The molecule has 0 spiro atoms. The van der Waals surface area contributed by atoms with E-state index in [9.17, 15) is 4.79 Å². The number of fused-ring (bicyclic) bond motifs is 1. The Kier molecular flexibility index (Phi) is 8.87. The van der Waals surface area contributed by atoms with Crippen LogP contribution in [0, 0.1) is 5.92 Å². The number of ether oxygens (including phenoxy) is 1. The lowest BCUT2D eigenvalue weighted by atomic mass is 9.85. The van der Waals surface area contributed by atoms with Gasteiger partial charge in [0.1, 0.15) is 11.5 Å². The van der Waals surface area contributed by atoms with Gasteiger partial charge in [0, 0.05) is 31.5 Å². The summed E-state index contributed by atoms with van der Waals surface area (Å²) in [6.07, 6.45) is 15.7. The Hall–Kier alpha value is -3.73. The number of ketones is 1. The fourth-order valence-corrected chi connectivity index (χ4v) is 5.71. The SMILES string of the molecule is C/C=C1/CCCC[C@H]1COc1nc(C(=O)C/C(C)=C/c2cccc3ccccc23)cc(N2CCC=CCC2)n1. The van der Waals surface area contributed by atoms with Crippen molar-refractivity contribution >= 4 is 28.4 Å². The Morgan fingerprint density at radius 2 is 1.85 bits per heavy atom. The number of carbonyl (C=O) groups is 1. The molecule has 0 saturated heterocycles. The van der Waals surface area contributed by atoms with E-state index >= 15 is 0 Å². The lowest BCUT2D eigenvalue weighted by Crippen LogP contribution is -2.26. The van der Waals surface area contributed by atoms with Gasteiger partial charge in [-0.15, -0.1) is 0 Å². The maximum atomic E-state index is 13.5. The van der Waals surface area contributed by atoms with Crippen molar-refractivity contribution in [3.8, 4) is 6.01 Å². The molecule has 0 bridgehead atoms. The smallest absolute Gasteiger partial charge is 0.319 e. The van der Waals surface area contributed by atoms with Crippen LogP contribution in [-0.4, -0.2) is 35.4 Å². The van der Waals surface area contributed by atoms with Crippen LogP contribution in [0.5, 0.6) is 6.01 Å². The van der Waals surface area contributed by atoms with Gasteiger partial charge in [0.25, 0.3) is 0 Å². The number of aromatic nitrogens is 2. The van der Waals surface area contributed by atoms with E-state index in [1.807, 2.05) is 19.1 Å². The number of benzene rings is 2. The van der Waals surface area contributed by atoms with E-state index in [-0.39, 0.29) is 5.78 Å². The second-order valence-electron chi connectivity index (χ2n) is 10.7. The van der Waals surface area contributed by atoms with E-state index in [1.165, 1.54) is 29.2 Å². The third-order valence-corrected chi connectivity index (χ3v) is 7.84. The summed E-state index contributed by atoms with van der Waals surface area (Å²) in [6, 6.07) is 16.8. The van der Waals surface area contributed by atoms with E-state index in [1.54, 1.807) is 0 Å². The zero-order valence-corrected chi connectivity index (χ0v) is 23.2. The van der Waals surface area contributed by atoms with Gasteiger partial charge in [0.2, 0.25) is 0 Å². The molecule has 0 unspecified atom stereocenters. The van der Waals surface area contributed by atoms with E-state index in [4.69, 9.17) is 9.72 Å². The maximum absolute atomic E-state index is 13.5. The summed E-state index contributed by atoms with van der Waals surface area (Å²) in [6.45, 7) is 6.42. The highest BCUT2D eigenvalue weighted by Crippen LogP contribution is 2.30. The van der Waals surface area contributed by atoms with E-state index < -0.39 is 0 Å². The molecule has 1 atom stereocenters. The largest absolute Gasteiger partial charge is 0.463 e. The number of rotatable bonds is 8. The van der Waals surface area contributed by atoms with Crippen LogP contribution < -0.4 is 9.64 Å². The van der Waals surface area contributed by atoms with Gasteiger partial charge in [-0.3, -0.25) is 4.79 Å². The number of allylic oxidation sites excluding steroid dienone is 2. The van der Waals surface area contributed by atoms with Crippen LogP contribution in [0.25, 0.3) is 16.8 Å². The normalized spacial score (nSPS) is 19.3. The minimum Gasteiger partial charge on any atom is -0.463 e. The Morgan fingerprint density at radius 1 is 1.05 bits per heavy atom. The first-order valence-electron chi connectivity index (χ1n) is 14.4. The quantitative estimate of drug-likeness (QED) is 0.222. The molecule has 2 heterocycles. The summed E-state index contributed by atoms with van der Waals surface area (Å²) >= 11 is 0. The van der Waals surface area contributed by atoms with Gasteiger partial charge in [-0.1, -0.05) is 84.3 Å². The van der Waals surface area contributed by atoms with Crippen LogP contribution in [0.1, 0.15) is 74.8 Å². The predicted octanol–water partition coefficient (Wildman–Crippen LogP) is 7.98. The number of nitrogens with zero attached hydrogens (tertiary/aromatic N) is 3. The van der Waals surface area contributed by atoms with Crippen molar-refractivity contribution in [3.05, 3.63) is 89.2 Å². The van der Waals surface area contributed by atoms with Gasteiger partial charge in [-0.2, -0.15) is 9.97 Å². The molecule has 0 radical (unpaired) electrons. The van der Waals surface area contributed by atoms with Crippen LogP contribution in [0.4, 0.5) is 5.82 Å². The second-order valence-corrected chi connectivity index (χ2v) is 10.7. The van der Waals surface area contributed by atoms with Crippen molar-refractivity contribution in [3.63, 3.8) is 0 Å². The summed E-state index contributed by atoms with van der Waals surface area (Å²) in [7, 11) is 0. The summed E-state index contributed by atoms with van der Waals surface area (Å²) in [4.78, 5) is 25.2. The van der Waals surface area contributed by atoms with Crippen LogP contribution in [-0.2, 0) is 0 Å². The molecule has 1 aliphatic heterocycles. The molecule has 1 aliphatic carbocycles. The van der Waals surface area contributed by atoms with Crippen LogP contribution in [0.3, 0.4) is 0 Å². The molecule has 39 heavy (non-hydrogen) atoms. The van der Waals surface area contributed by atoms with Crippen molar-refractivity contribution < 1.29 is 9.53 Å². The first-order valence-corrected chi connectivity index (χ1v) is 14.4. The molecule has 1 saturated carbocycles. The van der Waals surface area contributed by atoms with Crippen molar-refractivity contribution in [1.29, 1.82) is 0 Å². The number of hydrogen-bond donors (Lipinski definition) is 0.